The lowest BCUT2D eigenvalue weighted by molar-refractivity contribution is -0.137. The summed E-state index contributed by atoms with van der Waals surface area (Å²) in [6.07, 6.45) is 0.942. The first kappa shape index (κ1) is 18.9. The number of nitrogens with zero attached hydrogens (tertiary/aromatic N) is 6. The fourth-order valence-corrected chi connectivity index (χ4v) is 4.12. The Morgan fingerprint density at radius 3 is 2.50 bits per heavy atom. The van der Waals surface area contributed by atoms with Crippen LogP contribution in [-0.4, -0.2) is 63.2 Å². The van der Waals surface area contributed by atoms with Crippen LogP contribution in [0, 0.1) is 5.82 Å². The van der Waals surface area contributed by atoms with Gasteiger partial charge in [-0.05, 0) is 37.6 Å². The average molecular weight is 386 g/mol. The molecular formula is C20H27FN6O. The number of aromatic nitrogens is 3. The van der Waals surface area contributed by atoms with Gasteiger partial charge in [-0.25, -0.2) is 4.39 Å². The van der Waals surface area contributed by atoms with Gasteiger partial charge < -0.3 is 9.80 Å². The lowest BCUT2D eigenvalue weighted by atomic mass is 10.2. The Balaban J connectivity index is 1.40. The van der Waals surface area contributed by atoms with E-state index in [1.165, 1.54) is 12.1 Å². The van der Waals surface area contributed by atoms with Gasteiger partial charge in [0.05, 0.1) is 13.1 Å². The minimum Gasteiger partial charge on any atom is -0.369 e. The quantitative estimate of drug-likeness (QED) is 0.787. The predicted octanol–water partition coefficient (Wildman–Crippen LogP) is 2.05. The summed E-state index contributed by atoms with van der Waals surface area (Å²) >= 11 is 0. The third-order valence-electron chi connectivity index (χ3n) is 5.65. The van der Waals surface area contributed by atoms with Gasteiger partial charge in [-0.3, -0.25) is 14.3 Å². The van der Waals surface area contributed by atoms with Gasteiger partial charge in [-0.1, -0.05) is 6.92 Å². The zero-order valence-corrected chi connectivity index (χ0v) is 16.5. The van der Waals surface area contributed by atoms with E-state index < -0.39 is 0 Å². The fraction of sp³-hybridized carbons (Fsp3) is 0.550. The number of amides is 1. The van der Waals surface area contributed by atoms with E-state index >= 15 is 0 Å². The lowest BCUT2D eigenvalue weighted by Gasteiger charge is -2.36. The number of halogens is 1. The van der Waals surface area contributed by atoms with E-state index in [9.17, 15) is 9.18 Å². The molecule has 28 heavy (non-hydrogen) atoms. The van der Waals surface area contributed by atoms with Crippen LogP contribution in [0.5, 0.6) is 0 Å². The van der Waals surface area contributed by atoms with E-state index in [0.717, 1.165) is 56.5 Å². The molecule has 1 amide bonds. The largest absolute Gasteiger partial charge is 0.369 e. The Morgan fingerprint density at radius 2 is 1.82 bits per heavy atom. The molecule has 0 saturated carbocycles. The number of piperazine rings is 1. The number of benzene rings is 1. The molecule has 3 heterocycles. The SMILES string of the molecule is CCCN1Cc2nnc(CN3CCN(c4ccc(F)cc4)CC3)n2[C@H](C)C1=O. The summed E-state index contributed by atoms with van der Waals surface area (Å²) < 4.78 is 15.1. The summed E-state index contributed by atoms with van der Waals surface area (Å²) in [7, 11) is 0. The van der Waals surface area contributed by atoms with Crippen LogP contribution in [0.4, 0.5) is 10.1 Å². The molecule has 0 aliphatic carbocycles. The van der Waals surface area contributed by atoms with Crippen LogP contribution in [0.2, 0.25) is 0 Å². The molecular weight excluding hydrogens is 359 g/mol. The van der Waals surface area contributed by atoms with E-state index in [0.29, 0.717) is 13.1 Å². The first-order chi connectivity index (χ1) is 13.6. The predicted molar refractivity (Wildman–Crippen MR) is 104 cm³/mol. The number of hydrogen-bond donors (Lipinski definition) is 0. The van der Waals surface area contributed by atoms with Crippen molar-refractivity contribution in [1.82, 2.24) is 24.6 Å². The summed E-state index contributed by atoms with van der Waals surface area (Å²) in [6, 6.07) is 6.42. The number of anilines is 1. The van der Waals surface area contributed by atoms with Gasteiger partial charge in [0.1, 0.15) is 17.7 Å². The van der Waals surface area contributed by atoms with Crippen LogP contribution in [-0.2, 0) is 17.9 Å². The molecule has 0 unspecified atom stereocenters. The summed E-state index contributed by atoms with van der Waals surface area (Å²) in [6.45, 7) is 9.56. The van der Waals surface area contributed by atoms with Gasteiger partial charge in [0, 0.05) is 38.4 Å². The van der Waals surface area contributed by atoms with E-state index in [4.69, 9.17) is 0 Å². The number of carbonyl (C=O) groups excluding carboxylic acids is 1. The van der Waals surface area contributed by atoms with Crippen LogP contribution in [0.1, 0.15) is 38.0 Å². The fourth-order valence-electron chi connectivity index (χ4n) is 4.12. The smallest absolute Gasteiger partial charge is 0.245 e. The van der Waals surface area contributed by atoms with E-state index in [2.05, 4.69) is 26.9 Å². The molecule has 7 nitrogen and oxygen atoms in total. The van der Waals surface area contributed by atoms with E-state index in [1.807, 2.05) is 28.5 Å². The molecule has 1 aromatic carbocycles. The van der Waals surface area contributed by atoms with Crippen LogP contribution < -0.4 is 4.90 Å². The van der Waals surface area contributed by atoms with Gasteiger partial charge in [0.25, 0.3) is 0 Å². The van der Waals surface area contributed by atoms with Crippen LogP contribution in [0.15, 0.2) is 24.3 Å². The second-order valence-corrected chi connectivity index (χ2v) is 7.58. The number of fused-ring (bicyclic) bond motifs is 1. The zero-order chi connectivity index (χ0) is 19.7. The van der Waals surface area contributed by atoms with Gasteiger partial charge in [-0.2, -0.15) is 0 Å². The van der Waals surface area contributed by atoms with E-state index in [1.54, 1.807) is 0 Å². The second kappa shape index (κ2) is 7.87. The van der Waals surface area contributed by atoms with Gasteiger partial charge >= 0.3 is 0 Å². The van der Waals surface area contributed by atoms with Gasteiger partial charge in [0.15, 0.2) is 5.82 Å². The maximum Gasteiger partial charge on any atom is 0.245 e. The molecule has 1 atom stereocenters. The highest BCUT2D eigenvalue weighted by Gasteiger charge is 2.33. The highest BCUT2D eigenvalue weighted by Crippen LogP contribution is 2.24. The van der Waals surface area contributed by atoms with Crippen molar-refractivity contribution in [2.75, 3.05) is 37.6 Å². The number of carbonyl (C=O) groups is 1. The summed E-state index contributed by atoms with van der Waals surface area (Å²) in [5.41, 5.74) is 1.05. The van der Waals surface area contributed by atoms with Crippen LogP contribution in [0.3, 0.4) is 0 Å². The van der Waals surface area contributed by atoms with Gasteiger partial charge in [-0.15, -0.1) is 10.2 Å². The average Bonchev–Trinajstić information content (AvgIpc) is 3.10. The highest BCUT2D eigenvalue weighted by atomic mass is 19.1. The molecule has 8 heteroatoms. The van der Waals surface area contributed by atoms with Crippen molar-refractivity contribution in [3.63, 3.8) is 0 Å². The Bertz CT molecular complexity index is 828. The lowest BCUT2D eigenvalue weighted by Crippen LogP contribution is -2.47. The third kappa shape index (κ3) is 3.61. The van der Waals surface area contributed by atoms with Crippen molar-refractivity contribution in [2.24, 2.45) is 0 Å². The van der Waals surface area contributed by atoms with Crippen LogP contribution in [0.25, 0.3) is 0 Å². The molecule has 0 spiro atoms. The maximum absolute atomic E-state index is 13.1. The Labute approximate surface area is 164 Å². The summed E-state index contributed by atoms with van der Waals surface area (Å²) in [5.74, 6) is 1.68. The molecule has 150 valence electrons. The van der Waals surface area contributed by atoms with Crippen molar-refractivity contribution in [1.29, 1.82) is 0 Å². The normalized spacial score (nSPS) is 20.5. The standard InChI is InChI=1S/C20H27FN6O/c1-3-8-26-14-19-23-22-18(27(19)15(2)20(26)28)13-24-9-11-25(12-10-24)17-6-4-16(21)5-7-17/h4-7,15H,3,8-14H2,1-2H3/t15-/m1/s1. The molecule has 2 aliphatic rings. The summed E-state index contributed by atoms with van der Waals surface area (Å²) in [5, 5.41) is 8.75. The van der Waals surface area contributed by atoms with E-state index in [-0.39, 0.29) is 17.8 Å². The molecule has 0 radical (unpaired) electrons. The van der Waals surface area contributed by atoms with Crippen molar-refractivity contribution < 1.29 is 9.18 Å². The Hall–Kier alpha value is -2.48. The molecule has 1 aromatic heterocycles. The Kier molecular flexibility index (Phi) is 5.30. The first-order valence-electron chi connectivity index (χ1n) is 10.0. The molecule has 0 N–H and O–H groups in total. The molecule has 2 aromatic rings. The van der Waals surface area contributed by atoms with Crippen LogP contribution >= 0.6 is 0 Å². The maximum atomic E-state index is 13.1. The van der Waals surface area contributed by atoms with Crippen molar-refractivity contribution in [2.45, 2.75) is 39.4 Å². The topological polar surface area (TPSA) is 57.5 Å². The monoisotopic (exact) mass is 386 g/mol. The molecule has 1 fully saturated rings. The molecule has 4 rings (SSSR count). The van der Waals surface area contributed by atoms with Crippen molar-refractivity contribution in [3.8, 4) is 0 Å². The molecule has 1 saturated heterocycles. The van der Waals surface area contributed by atoms with Gasteiger partial charge in [0.2, 0.25) is 5.91 Å². The van der Waals surface area contributed by atoms with Crippen molar-refractivity contribution in [3.05, 3.63) is 41.7 Å². The minimum absolute atomic E-state index is 0.150. The first-order valence-corrected chi connectivity index (χ1v) is 10.0. The molecule has 2 aliphatic heterocycles. The highest BCUT2D eigenvalue weighted by molar-refractivity contribution is 5.81. The number of hydrogen-bond acceptors (Lipinski definition) is 5. The third-order valence-corrected chi connectivity index (χ3v) is 5.65. The Morgan fingerprint density at radius 1 is 1.11 bits per heavy atom. The van der Waals surface area contributed by atoms with Crippen molar-refractivity contribution >= 4 is 11.6 Å². The zero-order valence-electron chi connectivity index (χ0n) is 16.5. The second-order valence-electron chi connectivity index (χ2n) is 7.58. The summed E-state index contributed by atoms with van der Waals surface area (Å²) in [4.78, 5) is 19.1. The minimum atomic E-state index is -0.249. The molecule has 0 bridgehead atoms. The number of rotatable bonds is 5.